The zero-order valence-electron chi connectivity index (χ0n) is 12.9. The maximum atomic E-state index is 13.5. The number of aryl methyl sites for hydroxylation is 1. The molecule has 0 saturated heterocycles. The Morgan fingerprint density at radius 3 is 2.59 bits per heavy atom. The number of nitrogens with zero attached hydrogens (tertiary/aromatic N) is 2. The number of thiazole rings is 1. The van der Waals surface area contributed by atoms with Crippen molar-refractivity contribution >= 4 is 17.3 Å². The fourth-order valence-electron chi connectivity index (χ4n) is 2.04. The lowest BCUT2D eigenvalue weighted by molar-refractivity contribution is 0.606. The standard InChI is InChI=1S/C16H21FN4S/c1-12-11-21-15(22-12)8-10-20-16(18-2)19-9-7-13-5-3-4-6-14(13)17/h3-6,11H,7-10H2,1-2H3,(H2,18,19,20). The number of rotatable bonds is 6. The fourth-order valence-corrected chi connectivity index (χ4v) is 2.83. The Bertz CT molecular complexity index is 624. The average Bonchev–Trinajstić information content (AvgIpc) is 2.93. The van der Waals surface area contributed by atoms with Gasteiger partial charge in [-0.3, -0.25) is 4.99 Å². The van der Waals surface area contributed by atoms with E-state index in [9.17, 15) is 4.39 Å². The van der Waals surface area contributed by atoms with Crippen molar-refractivity contribution in [3.8, 4) is 0 Å². The summed E-state index contributed by atoms with van der Waals surface area (Å²) in [5.41, 5.74) is 0.712. The SMILES string of the molecule is CN=C(NCCc1ncc(C)s1)NCCc1ccccc1F. The van der Waals surface area contributed by atoms with Gasteiger partial charge < -0.3 is 10.6 Å². The Labute approximate surface area is 134 Å². The summed E-state index contributed by atoms with van der Waals surface area (Å²) >= 11 is 1.71. The van der Waals surface area contributed by atoms with E-state index >= 15 is 0 Å². The molecule has 22 heavy (non-hydrogen) atoms. The third-order valence-corrected chi connectivity index (χ3v) is 4.14. The summed E-state index contributed by atoms with van der Waals surface area (Å²) < 4.78 is 13.5. The number of nitrogens with one attached hydrogen (secondary N) is 2. The van der Waals surface area contributed by atoms with Gasteiger partial charge in [0.05, 0.1) is 5.01 Å². The van der Waals surface area contributed by atoms with E-state index in [0.29, 0.717) is 18.5 Å². The minimum Gasteiger partial charge on any atom is -0.356 e. The van der Waals surface area contributed by atoms with Crippen LogP contribution in [0.15, 0.2) is 35.5 Å². The van der Waals surface area contributed by atoms with Crippen molar-refractivity contribution in [3.05, 3.63) is 51.7 Å². The molecule has 118 valence electrons. The lowest BCUT2D eigenvalue weighted by atomic mass is 10.1. The van der Waals surface area contributed by atoms with Crippen molar-refractivity contribution in [2.75, 3.05) is 20.1 Å². The Hall–Kier alpha value is -1.95. The topological polar surface area (TPSA) is 49.3 Å². The summed E-state index contributed by atoms with van der Waals surface area (Å²) in [6.45, 7) is 3.46. The minimum atomic E-state index is -0.161. The highest BCUT2D eigenvalue weighted by molar-refractivity contribution is 7.11. The summed E-state index contributed by atoms with van der Waals surface area (Å²) in [6.07, 6.45) is 3.38. The monoisotopic (exact) mass is 320 g/mol. The van der Waals surface area contributed by atoms with Gasteiger partial charge in [-0.25, -0.2) is 9.37 Å². The molecule has 4 nitrogen and oxygen atoms in total. The van der Waals surface area contributed by atoms with Gasteiger partial charge in [-0.05, 0) is 25.0 Å². The van der Waals surface area contributed by atoms with E-state index in [4.69, 9.17) is 0 Å². The van der Waals surface area contributed by atoms with Crippen LogP contribution in [0.3, 0.4) is 0 Å². The molecule has 2 aromatic rings. The van der Waals surface area contributed by atoms with Crippen molar-refractivity contribution in [1.82, 2.24) is 15.6 Å². The van der Waals surface area contributed by atoms with Crippen molar-refractivity contribution in [2.45, 2.75) is 19.8 Å². The number of hydrogen-bond acceptors (Lipinski definition) is 3. The number of halogens is 1. The van der Waals surface area contributed by atoms with Crippen molar-refractivity contribution in [2.24, 2.45) is 4.99 Å². The van der Waals surface area contributed by atoms with Crippen LogP contribution in [0, 0.1) is 12.7 Å². The van der Waals surface area contributed by atoms with Crippen LogP contribution in [0.2, 0.25) is 0 Å². The molecule has 2 rings (SSSR count). The summed E-state index contributed by atoms with van der Waals surface area (Å²) in [4.78, 5) is 9.71. The van der Waals surface area contributed by atoms with Crippen LogP contribution < -0.4 is 10.6 Å². The van der Waals surface area contributed by atoms with Crippen LogP contribution in [-0.2, 0) is 12.8 Å². The molecular formula is C16H21FN4S. The molecule has 1 aromatic heterocycles. The Kier molecular flexibility index (Phi) is 6.33. The molecule has 0 radical (unpaired) electrons. The van der Waals surface area contributed by atoms with Crippen LogP contribution in [-0.4, -0.2) is 31.1 Å². The molecule has 0 saturated carbocycles. The Morgan fingerprint density at radius 2 is 1.95 bits per heavy atom. The van der Waals surface area contributed by atoms with Crippen LogP contribution in [0.5, 0.6) is 0 Å². The van der Waals surface area contributed by atoms with Crippen LogP contribution in [0.1, 0.15) is 15.4 Å². The minimum absolute atomic E-state index is 0.161. The van der Waals surface area contributed by atoms with Gasteiger partial charge >= 0.3 is 0 Å². The summed E-state index contributed by atoms with van der Waals surface area (Å²) in [5, 5.41) is 7.55. The van der Waals surface area contributed by atoms with Crippen LogP contribution in [0.4, 0.5) is 4.39 Å². The first-order chi connectivity index (χ1) is 10.7. The second kappa shape index (κ2) is 8.48. The lowest BCUT2D eigenvalue weighted by Gasteiger charge is -2.11. The molecule has 6 heteroatoms. The Balaban J connectivity index is 1.70. The van der Waals surface area contributed by atoms with Crippen molar-refractivity contribution in [1.29, 1.82) is 0 Å². The van der Waals surface area contributed by atoms with Gasteiger partial charge in [0.2, 0.25) is 0 Å². The molecule has 2 N–H and O–H groups in total. The molecule has 0 spiro atoms. The zero-order chi connectivity index (χ0) is 15.8. The summed E-state index contributed by atoms with van der Waals surface area (Å²) in [7, 11) is 1.73. The number of aliphatic imine (C=N–C) groups is 1. The van der Waals surface area contributed by atoms with Crippen LogP contribution >= 0.6 is 11.3 Å². The second-order valence-corrected chi connectivity index (χ2v) is 6.20. The predicted octanol–water partition coefficient (Wildman–Crippen LogP) is 2.54. The highest BCUT2D eigenvalue weighted by atomic mass is 32.1. The van der Waals surface area contributed by atoms with Gasteiger partial charge in [-0.2, -0.15) is 0 Å². The van der Waals surface area contributed by atoms with Gasteiger partial charge in [-0.15, -0.1) is 11.3 Å². The van der Waals surface area contributed by atoms with E-state index in [-0.39, 0.29) is 5.82 Å². The van der Waals surface area contributed by atoms with Crippen molar-refractivity contribution < 1.29 is 4.39 Å². The van der Waals surface area contributed by atoms with Gasteiger partial charge in [-0.1, -0.05) is 18.2 Å². The normalized spacial score (nSPS) is 11.5. The first kappa shape index (κ1) is 16.4. The van der Waals surface area contributed by atoms with E-state index < -0.39 is 0 Å². The van der Waals surface area contributed by atoms with Gasteiger partial charge in [0, 0.05) is 37.6 Å². The van der Waals surface area contributed by atoms with E-state index in [1.54, 1.807) is 30.5 Å². The number of hydrogen-bond donors (Lipinski definition) is 2. The number of aromatic nitrogens is 1. The smallest absolute Gasteiger partial charge is 0.191 e. The summed E-state index contributed by atoms with van der Waals surface area (Å²) in [5.74, 6) is 0.566. The third kappa shape index (κ3) is 5.11. The summed E-state index contributed by atoms with van der Waals surface area (Å²) in [6, 6.07) is 6.84. The Morgan fingerprint density at radius 1 is 1.23 bits per heavy atom. The van der Waals surface area contributed by atoms with E-state index in [2.05, 4.69) is 27.5 Å². The van der Waals surface area contributed by atoms with Crippen molar-refractivity contribution in [3.63, 3.8) is 0 Å². The fraction of sp³-hybridized carbons (Fsp3) is 0.375. The first-order valence-corrected chi connectivity index (χ1v) is 8.10. The van der Waals surface area contributed by atoms with E-state index in [1.807, 2.05) is 12.3 Å². The number of guanidine groups is 1. The van der Waals surface area contributed by atoms with E-state index in [1.165, 1.54) is 10.9 Å². The predicted molar refractivity (Wildman–Crippen MR) is 90.0 cm³/mol. The van der Waals surface area contributed by atoms with Gasteiger partial charge in [0.25, 0.3) is 0 Å². The van der Waals surface area contributed by atoms with Crippen LogP contribution in [0.25, 0.3) is 0 Å². The molecule has 0 fully saturated rings. The molecule has 1 heterocycles. The van der Waals surface area contributed by atoms with Gasteiger partial charge in [0.1, 0.15) is 5.82 Å². The molecule has 0 bridgehead atoms. The first-order valence-electron chi connectivity index (χ1n) is 7.28. The van der Waals surface area contributed by atoms with E-state index in [0.717, 1.165) is 23.9 Å². The third-order valence-electron chi connectivity index (χ3n) is 3.17. The molecule has 0 amide bonds. The molecule has 0 atom stereocenters. The lowest BCUT2D eigenvalue weighted by Crippen LogP contribution is -2.39. The second-order valence-electron chi connectivity index (χ2n) is 4.88. The quantitative estimate of drug-likeness (QED) is 0.635. The molecular weight excluding hydrogens is 299 g/mol. The molecule has 0 aliphatic carbocycles. The highest BCUT2D eigenvalue weighted by Gasteiger charge is 2.03. The molecule has 1 aromatic carbocycles. The van der Waals surface area contributed by atoms with Gasteiger partial charge in [0.15, 0.2) is 5.96 Å². The highest BCUT2D eigenvalue weighted by Crippen LogP contribution is 2.10. The largest absolute Gasteiger partial charge is 0.356 e. The number of benzene rings is 1. The molecule has 0 unspecified atom stereocenters. The molecule has 0 aliphatic heterocycles. The zero-order valence-corrected chi connectivity index (χ0v) is 13.7. The average molecular weight is 320 g/mol. The maximum Gasteiger partial charge on any atom is 0.191 e. The molecule has 0 aliphatic rings. The maximum absolute atomic E-state index is 13.5.